The molecule has 0 radical (unpaired) electrons. The van der Waals surface area contributed by atoms with Gasteiger partial charge in [-0.05, 0) is 38.0 Å². The summed E-state index contributed by atoms with van der Waals surface area (Å²) in [5.41, 5.74) is -2.14. The van der Waals surface area contributed by atoms with Gasteiger partial charge in [0.15, 0.2) is 0 Å². The molecule has 0 spiro atoms. The van der Waals surface area contributed by atoms with Gasteiger partial charge in [-0.1, -0.05) is 32.0 Å². The highest BCUT2D eigenvalue weighted by atomic mass is 35.5. The van der Waals surface area contributed by atoms with Crippen LogP contribution in [0.3, 0.4) is 0 Å². The van der Waals surface area contributed by atoms with Crippen LogP contribution in [0.15, 0.2) is 46.9 Å². The predicted octanol–water partition coefficient (Wildman–Crippen LogP) is 5.91. The molecule has 0 bridgehead atoms. The zero-order chi connectivity index (χ0) is 30.7. The van der Waals surface area contributed by atoms with Crippen molar-refractivity contribution in [2.75, 3.05) is 23.7 Å². The summed E-state index contributed by atoms with van der Waals surface area (Å²) in [6.45, 7) is 11.3. The summed E-state index contributed by atoms with van der Waals surface area (Å²) in [7, 11) is 0. The van der Waals surface area contributed by atoms with Crippen LogP contribution in [0.4, 0.5) is 23.4 Å². The molecule has 1 aromatic carbocycles. The molecule has 2 aliphatic rings. The third kappa shape index (κ3) is 4.96. The summed E-state index contributed by atoms with van der Waals surface area (Å²) in [6, 6.07) is 1.53. The molecule has 224 valence electrons. The van der Waals surface area contributed by atoms with Crippen LogP contribution in [0, 0.1) is 11.7 Å². The second-order valence-corrected chi connectivity index (χ2v) is 12.7. The van der Waals surface area contributed by atoms with Crippen molar-refractivity contribution in [3.8, 4) is 0 Å². The minimum absolute atomic E-state index is 0.0525. The van der Waals surface area contributed by atoms with Crippen molar-refractivity contribution in [1.82, 2.24) is 19.4 Å². The number of alkyl halides is 3. The maximum Gasteiger partial charge on any atom is 0.417 e. The number of hydrogen-bond acceptors (Lipinski definition) is 6. The van der Waals surface area contributed by atoms with Gasteiger partial charge < -0.3 is 9.80 Å². The first kappa shape index (κ1) is 30.3. The summed E-state index contributed by atoms with van der Waals surface area (Å²) < 4.78 is 59.4. The summed E-state index contributed by atoms with van der Waals surface area (Å²) in [4.78, 5) is 38.3. The second-order valence-electron chi connectivity index (χ2n) is 11.3. The van der Waals surface area contributed by atoms with Crippen molar-refractivity contribution in [2.45, 2.75) is 62.8 Å². The molecule has 7 nitrogen and oxygen atoms in total. The Balaban J connectivity index is 1.78. The molecule has 2 aliphatic heterocycles. The topological polar surface area (TPSA) is 71.3 Å². The van der Waals surface area contributed by atoms with Crippen LogP contribution in [-0.4, -0.2) is 56.3 Å². The maximum absolute atomic E-state index is 15.1. The van der Waals surface area contributed by atoms with E-state index in [-0.39, 0.29) is 65.2 Å². The number of hydrogen-bond donors (Lipinski definition) is 0. The fraction of sp³-hybridized carbons (Fsp3) is 0.448. The fourth-order valence-corrected chi connectivity index (χ4v) is 7.95. The molecule has 42 heavy (non-hydrogen) atoms. The average molecular weight is 624 g/mol. The highest BCUT2D eigenvalue weighted by molar-refractivity contribution is 7.99. The van der Waals surface area contributed by atoms with Crippen LogP contribution in [0.5, 0.6) is 0 Å². The largest absolute Gasteiger partial charge is 0.417 e. The standard InChI is InChI=1S/C29H30ClF4N5O2S/c1-6-22(40)39-16(3)11-37(12-17(39)4)26-18-9-19(29(32,33)34)23(30)25-24(18)38(27(41)36-26)14-28(5,15(2)13-42-25)20-10-35-8-7-21(20)31/h6-10,15-17H,1,11-14H2,2-5H3/t15?,16-,17+,28-/m1/s1. The molecular weight excluding hydrogens is 594 g/mol. The van der Waals surface area contributed by atoms with Crippen LogP contribution in [0.2, 0.25) is 5.02 Å². The van der Waals surface area contributed by atoms with Gasteiger partial charge in [-0.15, -0.1) is 11.8 Å². The van der Waals surface area contributed by atoms with Gasteiger partial charge in [0.1, 0.15) is 11.6 Å². The minimum Gasteiger partial charge on any atom is -0.352 e. The van der Waals surface area contributed by atoms with Gasteiger partial charge in [-0.3, -0.25) is 14.3 Å². The number of halogens is 5. The van der Waals surface area contributed by atoms with Crippen molar-refractivity contribution >= 4 is 46.0 Å². The molecule has 4 heterocycles. The number of nitrogens with zero attached hydrogens (tertiary/aromatic N) is 5. The van der Waals surface area contributed by atoms with E-state index < -0.39 is 33.7 Å². The highest BCUT2D eigenvalue weighted by Crippen LogP contribution is 2.49. The van der Waals surface area contributed by atoms with Crippen LogP contribution < -0.4 is 10.6 Å². The number of thioether (sulfide) groups is 1. The molecule has 0 saturated carbocycles. The molecule has 1 amide bonds. The van der Waals surface area contributed by atoms with Crippen LogP contribution in [0.25, 0.3) is 10.9 Å². The van der Waals surface area contributed by atoms with Gasteiger partial charge >= 0.3 is 11.9 Å². The summed E-state index contributed by atoms with van der Waals surface area (Å²) in [5.74, 6) is -0.643. The predicted molar refractivity (Wildman–Crippen MR) is 156 cm³/mol. The van der Waals surface area contributed by atoms with Gasteiger partial charge in [0.2, 0.25) is 5.91 Å². The first-order chi connectivity index (χ1) is 19.7. The van der Waals surface area contributed by atoms with Crippen LogP contribution in [-0.2, 0) is 22.9 Å². The average Bonchev–Trinajstić information content (AvgIpc) is 2.91. The van der Waals surface area contributed by atoms with E-state index in [0.717, 1.165) is 17.8 Å². The molecular formula is C29H30ClF4N5O2S. The number of anilines is 1. The third-order valence-corrected chi connectivity index (χ3v) is 10.4. The number of carbonyl (C=O) groups excluding carboxylic acids is 1. The van der Waals surface area contributed by atoms with Crippen molar-refractivity contribution < 1.29 is 22.4 Å². The Kier molecular flexibility index (Phi) is 7.84. The Bertz CT molecular complexity index is 1630. The molecule has 0 aliphatic carbocycles. The quantitative estimate of drug-likeness (QED) is 0.267. The Morgan fingerprint density at radius 2 is 1.90 bits per heavy atom. The first-order valence-electron chi connectivity index (χ1n) is 13.5. The lowest BCUT2D eigenvalue weighted by Crippen LogP contribution is -2.58. The van der Waals surface area contributed by atoms with E-state index in [2.05, 4.69) is 16.5 Å². The minimum atomic E-state index is -4.77. The Morgan fingerprint density at radius 3 is 2.50 bits per heavy atom. The number of aromatic nitrogens is 3. The summed E-state index contributed by atoms with van der Waals surface area (Å²) in [5, 5.41) is -0.378. The zero-order valence-electron chi connectivity index (χ0n) is 23.5. The normalized spacial score (nSPS) is 24.8. The Hall–Kier alpha value is -3.12. The lowest BCUT2D eigenvalue weighted by Gasteiger charge is -2.45. The molecule has 4 atom stereocenters. The van der Waals surface area contributed by atoms with E-state index in [1.807, 2.05) is 27.7 Å². The third-order valence-electron chi connectivity index (χ3n) is 8.53. The van der Waals surface area contributed by atoms with Gasteiger partial charge in [0, 0.05) is 66.2 Å². The summed E-state index contributed by atoms with van der Waals surface area (Å²) in [6.07, 6.45) is -0.781. The lowest BCUT2D eigenvalue weighted by atomic mass is 9.73. The highest BCUT2D eigenvalue weighted by Gasteiger charge is 2.42. The number of rotatable bonds is 3. The number of carbonyl (C=O) groups is 1. The van der Waals surface area contributed by atoms with E-state index in [4.69, 9.17) is 11.6 Å². The number of benzene rings is 1. The number of pyridine rings is 1. The molecule has 0 N–H and O–H groups in total. The van der Waals surface area contributed by atoms with Crippen molar-refractivity contribution in [3.05, 3.63) is 69.6 Å². The summed E-state index contributed by atoms with van der Waals surface area (Å²) >= 11 is 7.57. The molecule has 2 aromatic heterocycles. The fourth-order valence-electron chi connectivity index (χ4n) is 6.16. The van der Waals surface area contributed by atoms with Gasteiger partial charge in [0.25, 0.3) is 0 Å². The molecule has 3 aromatic rings. The van der Waals surface area contributed by atoms with Crippen LogP contribution in [0.1, 0.15) is 38.8 Å². The number of piperazine rings is 1. The molecule has 1 fully saturated rings. The van der Waals surface area contributed by atoms with E-state index >= 15 is 4.39 Å². The maximum atomic E-state index is 15.1. The molecule has 1 saturated heterocycles. The SMILES string of the molecule is C=CC(=O)N1[C@H](C)CN(c2nc(=O)n3c4c(c(Cl)c(C(F)(F)F)cc24)SCC(C)[C@](C)(c2cnccc2F)C3)C[C@@H]1C. The second kappa shape index (κ2) is 10.9. The van der Waals surface area contributed by atoms with Gasteiger partial charge in [0.05, 0.1) is 21.0 Å². The molecule has 1 unspecified atom stereocenters. The smallest absolute Gasteiger partial charge is 0.352 e. The van der Waals surface area contributed by atoms with E-state index in [1.165, 1.54) is 29.1 Å². The van der Waals surface area contributed by atoms with E-state index in [0.29, 0.717) is 11.3 Å². The Morgan fingerprint density at radius 1 is 1.24 bits per heavy atom. The van der Waals surface area contributed by atoms with E-state index in [9.17, 15) is 22.8 Å². The van der Waals surface area contributed by atoms with Crippen LogP contribution >= 0.6 is 23.4 Å². The van der Waals surface area contributed by atoms with Gasteiger partial charge in [-0.2, -0.15) is 18.2 Å². The zero-order valence-corrected chi connectivity index (χ0v) is 25.1. The van der Waals surface area contributed by atoms with Crippen molar-refractivity contribution in [3.63, 3.8) is 0 Å². The Labute approximate surface area is 249 Å². The van der Waals surface area contributed by atoms with E-state index in [1.54, 1.807) is 9.80 Å². The van der Waals surface area contributed by atoms with Gasteiger partial charge in [-0.25, -0.2) is 9.18 Å². The monoisotopic (exact) mass is 623 g/mol. The number of amides is 1. The lowest BCUT2D eigenvalue weighted by molar-refractivity contribution is -0.137. The molecule has 13 heteroatoms. The van der Waals surface area contributed by atoms with Crippen molar-refractivity contribution in [2.24, 2.45) is 5.92 Å². The molecule has 5 rings (SSSR count). The first-order valence-corrected chi connectivity index (χ1v) is 14.8. The van der Waals surface area contributed by atoms with Crippen molar-refractivity contribution in [1.29, 1.82) is 0 Å².